The van der Waals surface area contributed by atoms with Gasteiger partial charge in [0.05, 0.1) is 11.6 Å². The highest BCUT2D eigenvalue weighted by Gasteiger charge is 2.28. The van der Waals surface area contributed by atoms with E-state index < -0.39 is 0 Å². The molecule has 7 heteroatoms. The van der Waals surface area contributed by atoms with Crippen molar-refractivity contribution in [1.82, 2.24) is 9.88 Å². The molecule has 0 radical (unpaired) electrons. The average molecular weight is 388 g/mol. The van der Waals surface area contributed by atoms with Gasteiger partial charge in [-0.25, -0.2) is 4.98 Å². The maximum atomic E-state index is 12.8. The number of hydrogen-bond donors (Lipinski definition) is 1. The molecule has 1 aliphatic rings. The number of nitrogens with one attached hydrogen (secondary N) is 1. The fraction of sp³-hybridized carbons (Fsp3) is 0.350. The lowest BCUT2D eigenvalue weighted by atomic mass is 9.95. The van der Waals surface area contributed by atoms with Crippen molar-refractivity contribution in [3.63, 3.8) is 0 Å². The molecule has 6 nitrogen and oxygen atoms in total. The molecule has 0 spiro atoms. The Morgan fingerprint density at radius 1 is 1.22 bits per heavy atom. The number of piperidine rings is 1. The van der Waals surface area contributed by atoms with E-state index in [4.69, 9.17) is 16.3 Å². The van der Waals surface area contributed by atoms with Gasteiger partial charge in [0.25, 0.3) is 5.91 Å². The van der Waals surface area contributed by atoms with Crippen molar-refractivity contribution in [2.45, 2.75) is 19.4 Å². The Morgan fingerprint density at radius 2 is 1.96 bits per heavy atom. The first kappa shape index (κ1) is 19.3. The molecule has 1 aromatic carbocycles. The van der Waals surface area contributed by atoms with Crippen LogP contribution in [0.1, 0.15) is 28.8 Å². The number of methoxy groups -OCH3 is 1. The third-order valence-corrected chi connectivity index (χ3v) is 4.90. The molecule has 1 N–H and O–H groups in total. The quantitative estimate of drug-likeness (QED) is 0.853. The predicted molar refractivity (Wildman–Crippen MR) is 104 cm³/mol. The van der Waals surface area contributed by atoms with Gasteiger partial charge in [-0.15, -0.1) is 0 Å². The highest BCUT2D eigenvalue weighted by molar-refractivity contribution is 6.30. The summed E-state index contributed by atoms with van der Waals surface area (Å²) < 4.78 is 5.18. The molecule has 0 atom stereocenters. The summed E-state index contributed by atoms with van der Waals surface area (Å²) in [6, 6.07) is 10.8. The predicted octanol–water partition coefficient (Wildman–Crippen LogP) is 3.37. The van der Waals surface area contributed by atoms with Crippen LogP contribution in [0.4, 0.5) is 5.82 Å². The summed E-state index contributed by atoms with van der Waals surface area (Å²) in [5, 5.41) is 3.33. The number of likely N-dealkylation sites (tertiary alicyclic amines) is 1. The number of aromatic nitrogens is 1. The number of carbonyl (C=O) groups is 2. The highest BCUT2D eigenvalue weighted by atomic mass is 35.5. The number of benzene rings is 1. The minimum absolute atomic E-state index is 0.0131. The summed E-state index contributed by atoms with van der Waals surface area (Å²) in [6.07, 6.45) is 2.74. The molecule has 142 valence electrons. The maximum absolute atomic E-state index is 12.8. The molecule has 2 aromatic rings. The fourth-order valence-corrected chi connectivity index (χ4v) is 3.32. The Hall–Kier alpha value is -2.44. The average Bonchev–Trinajstić information content (AvgIpc) is 2.70. The van der Waals surface area contributed by atoms with Crippen LogP contribution in [-0.2, 0) is 16.1 Å². The summed E-state index contributed by atoms with van der Waals surface area (Å²) in [4.78, 5) is 31.2. The smallest absolute Gasteiger partial charge is 0.254 e. The first-order chi connectivity index (χ1) is 13.1. The van der Waals surface area contributed by atoms with Crippen LogP contribution in [0.3, 0.4) is 0 Å². The number of amides is 2. The van der Waals surface area contributed by atoms with Crippen LogP contribution in [0.2, 0.25) is 5.02 Å². The van der Waals surface area contributed by atoms with E-state index in [1.807, 2.05) is 24.3 Å². The number of ether oxygens (including phenoxy) is 1. The van der Waals surface area contributed by atoms with E-state index in [2.05, 4.69) is 10.3 Å². The van der Waals surface area contributed by atoms with Crippen molar-refractivity contribution in [1.29, 1.82) is 0 Å². The van der Waals surface area contributed by atoms with Crippen LogP contribution in [0.25, 0.3) is 0 Å². The minimum atomic E-state index is -0.138. The third kappa shape index (κ3) is 4.84. The van der Waals surface area contributed by atoms with Crippen molar-refractivity contribution in [3.8, 4) is 0 Å². The Kier molecular flexibility index (Phi) is 6.42. The molecule has 1 fully saturated rings. The van der Waals surface area contributed by atoms with Crippen molar-refractivity contribution in [2.24, 2.45) is 5.92 Å². The van der Waals surface area contributed by atoms with Gasteiger partial charge in [0.15, 0.2) is 0 Å². The molecular weight excluding hydrogens is 366 g/mol. The van der Waals surface area contributed by atoms with Gasteiger partial charge >= 0.3 is 0 Å². The van der Waals surface area contributed by atoms with Gasteiger partial charge in [-0.3, -0.25) is 9.59 Å². The van der Waals surface area contributed by atoms with Crippen molar-refractivity contribution >= 4 is 29.2 Å². The van der Waals surface area contributed by atoms with Crippen LogP contribution >= 0.6 is 11.6 Å². The zero-order chi connectivity index (χ0) is 19.2. The molecule has 1 saturated heterocycles. The molecule has 0 unspecified atom stereocenters. The highest BCUT2D eigenvalue weighted by Crippen LogP contribution is 2.22. The lowest BCUT2D eigenvalue weighted by Crippen LogP contribution is -2.41. The van der Waals surface area contributed by atoms with E-state index in [9.17, 15) is 9.59 Å². The van der Waals surface area contributed by atoms with Gasteiger partial charge in [-0.05, 0) is 36.6 Å². The molecule has 0 aliphatic carbocycles. The second kappa shape index (κ2) is 8.97. The minimum Gasteiger partial charge on any atom is -0.380 e. The van der Waals surface area contributed by atoms with Gasteiger partial charge in [0, 0.05) is 37.9 Å². The van der Waals surface area contributed by atoms with Gasteiger partial charge in [-0.2, -0.15) is 0 Å². The maximum Gasteiger partial charge on any atom is 0.254 e. The standard InChI is InChI=1S/C20H22ClN3O3/c1-27-13-15-4-2-3-5-17(15)20(26)24-10-8-14(9-11-24)19(25)23-18-7-6-16(21)12-22-18/h2-7,12,14H,8-11,13H2,1H3,(H,22,23,25). The molecule has 0 bridgehead atoms. The van der Waals surface area contributed by atoms with Crippen molar-refractivity contribution in [2.75, 3.05) is 25.5 Å². The van der Waals surface area contributed by atoms with Crippen LogP contribution in [0.5, 0.6) is 0 Å². The number of halogens is 1. The lowest BCUT2D eigenvalue weighted by Gasteiger charge is -2.31. The van der Waals surface area contributed by atoms with E-state index in [0.29, 0.717) is 48.9 Å². The summed E-state index contributed by atoms with van der Waals surface area (Å²) in [6.45, 7) is 1.49. The second-order valence-electron chi connectivity index (χ2n) is 6.51. The zero-order valence-corrected chi connectivity index (χ0v) is 15.9. The largest absolute Gasteiger partial charge is 0.380 e. The summed E-state index contributed by atoms with van der Waals surface area (Å²) >= 11 is 5.80. The fourth-order valence-electron chi connectivity index (χ4n) is 3.20. The summed E-state index contributed by atoms with van der Waals surface area (Å²) in [5.74, 6) is 0.259. The number of rotatable bonds is 5. The SMILES string of the molecule is COCc1ccccc1C(=O)N1CCC(C(=O)Nc2ccc(Cl)cn2)CC1. The van der Waals surface area contributed by atoms with E-state index in [1.165, 1.54) is 6.20 Å². The molecule has 1 aromatic heterocycles. The summed E-state index contributed by atoms with van der Waals surface area (Å²) in [5.41, 5.74) is 1.53. The van der Waals surface area contributed by atoms with E-state index in [-0.39, 0.29) is 17.7 Å². The first-order valence-corrected chi connectivity index (χ1v) is 9.25. The summed E-state index contributed by atoms with van der Waals surface area (Å²) in [7, 11) is 1.61. The Balaban J connectivity index is 1.57. The molecule has 0 saturated carbocycles. The molecule has 1 aliphatic heterocycles. The molecule has 2 heterocycles. The van der Waals surface area contributed by atoms with Gasteiger partial charge in [0.2, 0.25) is 5.91 Å². The van der Waals surface area contributed by atoms with Gasteiger partial charge in [0.1, 0.15) is 5.82 Å². The second-order valence-corrected chi connectivity index (χ2v) is 6.94. The van der Waals surface area contributed by atoms with E-state index in [1.54, 1.807) is 24.1 Å². The third-order valence-electron chi connectivity index (χ3n) is 4.68. The normalized spacial score (nSPS) is 14.8. The van der Waals surface area contributed by atoms with Gasteiger partial charge < -0.3 is 15.0 Å². The topological polar surface area (TPSA) is 71.5 Å². The van der Waals surface area contributed by atoms with Gasteiger partial charge in [-0.1, -0.05) is 29.8 Å². The van der Waals surface area contributed by atoms with E-state index in [0.717, 1.165) is 5.56 Å². The molecular formula is C20H22ClN3O3. The Labute approximate surface area is 163 Å². The molecule has 3 rings (SSSR count). The number of anilines is 1. The molecule has 2 amide bonds. The number of carbonyl (C=O) groups excluding carboxylic acids is 2. The monoisotopic (exact) mass is 387 g/mol. The van der Waals surface area contributed by atoms with Crippen molar-refractivity contribution < 1.29 is 14.3 Å². The number of pyridine rings is 1. The molecule has 27 heavy (non-hydrogen) atoms. The van der Waals surface area contributed by atoms with Crippen LogP contribution in [0.15, 0.2) is 42.6 Å². The number of hydrogen-bond acceptors (Lipinski definition) is 4. The van der Waals surface area contributed by atoms with Crippen LogP contribution in [-0.4, -0.2) is 41.9 Å². The van der Waals surface area contributed by atoms with Crippen molar-refractivity contribution in [3.05, 3.63) is 58.7 Å². The Morgan fingerprint density at radius 3 is 2.63 bits per heavy atom. The van der Waals surface area contributed by atoms with Crippen LogP contribution < -0.4 is 5.32 Å². The number of nitrogens with zero attached hydrogens (tertiary/aromatic N) is 2. The first-order valence-electron chi connectivity index (χ1n) is 8.87. The Bertz CT molecular complexity index is 802. The lowest BCUT2D eigenvalue weighted by molar-refractivity contribution is -0.121. The van der Waals surface area contributed by atoms with E-state index >= 15 is 0 Å². The zero-order valence-electron chi connectivity index (χ0n) is 15.2. The van der Waals surface area contributed by atoms with Crippen LogP contribution in [0, 0.1) is 5.92 Å².